The van der Waals surface area contributed by atoms with E-state index in [2.05, 4.69) is 15.3 Å². The molecule has 6 heteroatoms. The molecule has 0 saturated carbocycles. The number of hydrogen-bond donors (Lipinski definition) is 1. The van der Waals surface area contributed by atoms with Crippen LogP contribution in [0.25, 0.3) is 0 Å². The molecule has 0 saturated heterocycles. The first-order chi connectivity index (χ1) is 11.5. The van der Waals surface area contributed by atoms with Gasteiger partial charge in [-0.05, 0) is 12.5 Å². The van der Waals surface area contributed by atoms with Crippen molar-refractivity contribution in [3.8, 4) is 0 Å². The molecule has 1 N–H and O–H groups in total. The van der Waals surface area contributed by atoms with Crippen molar-refractivity contribution >= 4 is 11.8 Å². The highest BCUT2D eigenvalue weighted by Gasteiger charge is 2.25. The van der Waals surface area contributed by atoms with Crippen molar-refractivity contribution in [3.05, 3.63) is 53.0 Å². The van der Waals surface area contributed by atoms with Crippen LogP contribution >= 0.6 is 0 Å². The molecule has 1 aliphatic rings. The van der Waals surface area contributed by atoms with E-state index >= 15 is 0 Å². The smallest absolute Gasteiger partial charge is 0.317 e. The molecule has 0 fully saturated rings. The zero-order valence-corrected chi connectivity index (χ0v) is 14.4. The number of benzene rings is 1. The predicted molar refractivity (Wildman–Crippen MR) is 93.9 cm³/mol. The molecule has 0 unspecified atom stereocenters. The fraction of sp³-hybridized carbons (Fsp3) is 0.389. The Bertz CT molecular complexity index is 730. The summed E-state index contributed by atoms with van der Waals surface area (Å²) >= 11 is 0. The van der Waals surface area contributed by atoms with E-state index in [1.54, 1.807) is 0 Å². The minimum atomic E-state index is -0.0465. The molecule has 1 aliphatic heterocycles. The third-order valence-corrected chi connectivity index (χ3v) is 4.15. The molecule has 1 aromatic carbocycles. The second-order valence-corrected chi connectivity index (χ2v) is 6.23. The third kappa shape index (κ3) is 3.48. The highest BCUT2D eigenvalue weighted by Crippen LogP contribution is 2.25. The number of aromatic nitrogens is 2. The lowest BCUT2D eigenvalue weighted by molar-refractivity contribution is 0.191. The molecule has 6 nitrogen and oxygen atoms in total. The maximum atomic E-state index is 12.5. The molecule has 2 aromatic rings. The summed E-state index contributed by atoms with van der Waals surface area (Å²) in [6.45, 7) is 3.67. The van der Waals surface area contributed by atoms with Crippen LogP contribution in [0.15, 0.2) is 30.3 Å². The Labute approximate surface area is 142 Å². The van der Waals surface area contributed by atoms with Crippen LogP contribution in [-0.4, -0.2) is 41.5 Å². The summed E-state index contributed by atoms with van der Waals surface area (Å²) in [7, 11) is 3.94. The predicted octanol–water partition coefficient (Wildman–Crippen LogP) is 2.12. The normalized spacial score (nSPS) is 13.4. The van der Waals surface area contributed by atoms with Crippen LogP contribution in [0.4, 0.5) is 10.6 Å². The second kappa shape index (κ2) is 6.86. The molecule has 0 bridgehead atoms. The van der Waals surface area contributed by atoms with E-state index in [0.717, 1.165) is 34.9 Å². The van der Waals surface area contributed by atoms with Gasteiger partial charge in [0.05, 0.1) is 12.2 Å². The van der Waals surface area contributed by atoms with Gasteiger partial charge in [0.2, 0.25) is 0 Å². The number of rotatable bonds is 3. The Kier molecular flexibility index (Phi) is 4.64. The highest BCUT2D eigenvalue weighted by molar-refractivity contribution is 5.75. The monoisotopic (exact) mass is 325 g/mol. The summed E-state index contributed by atoms with van der Waals surface area (Å²) in [6, 6.07) is 9.88. The summed E-state index contributed by atoms with van der Waals surface area (Å²) in [5, 5.41) is 2.99. The standard InChI is InChI=1S/C18H23N5O/c1-13-20-16-9-10-23(12-15(16)17(21-13)22(2)3)18(24)19-11-14-7-5-4-6-8-14/h4-8H,9-12H2,1-3H3,(H,19,24). The first kappa shape index (κ1) is 16.2. The number of amides is 2. The van der Waals surface area contributed by atoms with Gasteiger partial charge in [0.1, 0.15) is 11.6 Å². The van der Waals surface area contributed by atoms with Gasteiger partial charge in [0.25, 0.3) is 0 Å². The van der Waals surface area contributed by atoms with Gasteiger partial charge in [-0.25, -0.2) is 14.8 Å². The fourth-order valence-corrected chi connectivity index (χ4v) is 2.95. The van der Waals surface area contributed by atoms with Crippen LogP contribution in [0.3, 0.4) is 0 Å². The summed E-state index contributed by atoms with van der Waals surface area (Å²) in [4.78, 5) is 25.4. The molecule has 2 heterocycles. The van der Waals surface area contributed by atoms with E-state index < -0.39 is 0 Å². The van der Waals surface area contributed by atoms with E-state index in [0.29, 0.717) is 19.6 Å². The number of anilines is 1. The molecular formula is C18H23N5O. The first-order valence-electron chi connectivity index (χ1n) is 8.15. The average molecular weight is 325 g/mol. The quantitative estimate of drug-likeness (QED) is 0.939. The van der Waals surface area contributed by atoms with Crippen LogP contribution in [0.1, 0.15) is 22.6 Å². The number of aryl methyl sites for hydroxylation is 1. The van der Waals surface area contributed by atoms with Crippen LogP contribution < -0.4 is 10.2 Å². The average Bonchev–Trinajstić information content (AvgIpc) is 2.59. The maximum Gasteiger partial charge on any atom is 0.317 e. The maximum absolute atomic E-state index is 12.5. The van der Waals surface area contributed by atoms with Crippen molar-refractivity contribution in [1.82, 2.24) is 20.2 Å². The molecule has 1 aromatic heterocycles. The number of carbonyl (C=O) groups is 1. The lowest BCUT2D eigenvalue weighted by Crippen LogP contribution is -2.43. The van der Waals surface area contributed by atoms with Crippen LogP contribution in [0.5, 0.6) is 0 Å². The number of fused-ring (bicyclic) bond motifs is 1. The van der Waals surface area contributed by atoms with E-state index in [4.69, 9.17) is 0 Å². The van der Waals surface area contributed by atoms with Crippen molar-refractivity contribution in [2.75, 3.05) is 25.5 Å². The highest BCUT2D eigenvalue weighted by atomic mass is 16.2. The molecule has 126 valence electrons. The summed E-state index contributed by atoms with van der Waals surface area (Å²) in [5.41, 5.74) is 3.20. The Balaban J connectivity index is 1.71. The van der Waals surface area contributed by atoms with Gasteiger partial charge in [-0.1, -0.05) is 30.3 Å². The van der Waals surface area contributed by atoms with Gasteiger partial charge in [0.15, 0.2) is 0 Å². The number of nitrogens with zero attached hydrogens (tertiary/aromatic N) is 4. The number of carbonyl (C=O) groups excluding carboxylic acids is 1. The van der Waals surface area contributed by atoms with Crippen molar-refractivity contribution < 1.29 is 4.79 Å². The molecule has 0 spiro atoms. The molecule has 2 amide bonds. The van der Waals surface area contributed by atoms with Gasteiger partial charge in [-0.15, -0.1) is 0 Å². The number of urea groups is 1. The van der Waals surface area contributed by atoms with Crippen LogP contribution in [0, 0.1) is 6.92 Å². The number of nitrogens with one attached hydrogen (secondary N) is 1. The summed E-state index contributed by atoms with van der Waals surface area (Å²) in [5.74, 6) is 1.68. The van der Waals surface area contributed by atoms with Crippen LogP contribution in [-0.2, 0) is 19.5 Å². The zero-order valence-electron chi connectivity index (χ0n) is 14.4. The van der Waals surface area contributed by atoms with E-state index in [9.17, 15) is 4.79 Å². The van der Waals surface area contributed by atoms with E-state index in [1.807, 2.05) is 61.2 Å². The van der Waals surface area contributed by atoms with Gasteiger partial charge in [-0.3, -0.25) is 0 Å². The van der Waals surface area contributed by atoms with Crippen molar-refractivity contribution in [2.45, 2.75) is 26.4 Å². The molecule has 3 rings (SSSR count). The lowest BCUT2D eigenvalue weighted by atomic mass is 10.1. The fourth-order valence-electron chi connectivity index (χ4n) is 2.95. The van der Waals surface area contributed by atoms with Gasteiger partial charge >= 0.3 is 6.03 Å². The SMILES string of the molecule is Cc1nc2c(c(N(C)C)n1)CN(C(=O)NCc1ccccc1)CC2. The van der Waals surface area contributed by atoms with Crippen LogP contribution in [0.2, 0.25) is 0 Å². The molecule has 24 heavy (non-hydrogen) atoms. The summed E-state index contributed by atoms with van der Waals surface area (Å²) < 4.78 is 0. The lowest BCUT2D eigenvalue weighted by Gasteiger charge is -2.31. The Morgan fingerprint density at radius 1 is 1.25 bits per heavy atom. The summed E-state index contributed by atoms with van der Waals surface area (Å²) in [6.07, 6.45) is 0.762. The van der Waals surface area contributed by atoms with Gasteiger partial charge in [-0.2, -0.15) is 0 Å². The van der Waals surface area contributed by atoms with Gasteiger partial charge in [0, 0.05) is 39.2 Å². The van der Waals surface area contributed by atoms with E-state index in [-0.39, 0.29) is 6.03 Å². The van der Waals surface area contributed by atoms with Crippen molar-refractivity contribution in [1.29, 1.82) is 0 Å². The molecule has 0 radical (unpaired) electrons. The minimum absolute atomic E-state index is 0.0465. The minimum Gasteiger partial charge on any atom is -0.362 e. The molecule has 0 aliphatic carbocycles. The third-order valence-electron chi connectivity index (χ3n) is 4.15. The number of hydrogen-bond acceptors (Lipinski definition) is 4. The van der Waals surface area contributed by atoms with E-state index in [1.165, 1.54) is 0 Å². The van der Waals surface area contributed by atoms with Gasteiger partial charge < -0.3 is 15.1 Å². The second-order valence-electron chi connectivity index (χ2n) is 6.23. The molecular weight excluding hydrogens is 302 g/mol. The van der Waals surface area contributed by atoms with Crippen molar-refractivity contribution in [2.24, 2.45) is 0 Å². The first-order valence-corrected chi connectivity index (χ1v) is 8.15. The topological polar surface area (TPSA) is 61.4 Å². The Hall–Kier alpha value is -2.63. The zero-order chi connectivity index (χ0) is 17.1. The Morgan fingerprint density at radius 3 is 2.71 bits per heavy atom. The molecule has 0 atom stereocenters. The Morgan fingerprint density at radius 2 is 2.00 bits per heavy atom. The largest absolute Gasteiger partial charge is 0.362 e. The van der Waals surface area contributed by atoms with Crippen molar-refractivity contribution in [3.63, 3.8) is 0 Å².